The van der Waals surface area contributed by atoms with Gasteiger partial charge in [0.25, 0.3) is 0 Å². The number of nitrogens with one attached hydrogen (secondary N) is 1. The molecular weight excluding hydrogens is 234 g/mol. The molecule has 0 aromatic heterocycles. The average Bonchev–Trinajstić information content (AvgIpc) is 3.08. The van der Waals surface area contributed by atoms with Crippen molar-refractivity contribution in [3.05, 3.63) is 28.3 Å². The highest BCUT2D eigenvalue weighted by Crippen LogP contribution is 2.38. The molecule has 2 aliphatic rings. The predicted octanol–water partition coefficient (Wildman–Crippen LogP) is 3.61. The van der Waals surface area contributed by atoms with Crippen molar-refractivity contribution in [3.63, 3.8) is 0 Å². The van der Waals surface area contributed by atoms with Crippen LogP contribution in [0.5, 0.6) is 5.75 Å². The molecule has 1 saturated carbocycles. The quantitative estimate of drug-likeness (QED) is 0.867. The van der Waals surface area contributed by atoms with Crippen LogP contribution in [0.1, 0.15) is 42.9 Å². The summed E-state index contributed by atoms with van der Waals surface area (Å²) in [6.07, 6.45) is 4.87. The Kier molecular flexibility index (Phi) is 3.01. The van der Waals surface area contributed by atoms with E-state index in [1.54, 1.807) is 0 Å². The summed E-state index contributed by atoms with van der Waals surface area (Å²) in [4.78, 5) is 0. The van der Waals surface area contributed by atoms with Gasteiger partial charge in [-0.25, -0.2) is 0 Å². The lowest BCUT2D eigenvalue weighted by Crippen LogP contribution is -2.23. The Morgan fingerprint density at radius 1 is 1.29 bits per heavy atom. The van der Waals surface area contributed by atoms with E-state index in [1.165, 1.54) is 18.4 Å². The highest BCUT2D eigenvalue weighted by Gasteiger charge is 2.28. The van der Waals surface area contributed by atoms with Crippen LogP contribution in [0.3, 0.4) is 0 Å². The van der Waals surface area contributed by atoms with Crippen molar-refractivity contribution in [1.29, 1.82) is 0 Å². The Morgan fingerprint density at radius 2 is 2.12 bits per heavy atom. The zero-order valence-electron chi connectivity index (χ0n) is 10.1. The number of halogens is 1. The Hall–Kier alpha value is -0.730. The molecule has 1 aromatic carbocycles. The summed E-state index contributed by atoms with van der Waals surface area (Å²) in [6, 6.07) is 5.18. The highest BCUT2D eigenvalue weighted by atomic mass is 35.5. The molecule has 1 unspecified atom stereocenters. The third-order valence-corrected chi connectivity index (χ3v) is 3.76. The van der Waals surface area contributed by atoms with Gasteiger partial charge >= 0.3 is 0 Å². The van der Waals surface area contributed by atoms with Crippen molar-refractivity contribution in [2.45, 2.75) is 44.7 Å². The lowest BCUT2D eigenvalue weighted by molar-refractivity contribution is 0.313. The number of benzene rings is 1. The molecule has 1 fully saturated rings. The standard InChI is InChI=1S/C14H18ClNO/c1-9-7-10(15)8-12-13(16-11-4-5-11)3-2-6-17-14(9)12/h7-8,11,13,16H,2-6H2,1H3. The van der Waals surface area contributed by atoms with Crippen molar-refractivity contribution in [1.82, 2.24) is 5.32 Å². The lowest BCUT2D eigenvalue weighted by atomic mass is 9.99. The number of fused-ring (bicyclic) bond motifs is 1. The SMILES string of the molecule is Cc1cc(Cl)cc2c1OCCCC2NC1CC1. The van der Waals surface area contributed by atoms with Crippen LogP contribution in [0.4, 0.5) is 0 Å². The average molecular weight is 252 g/mol. The Morgan fingerprint density at radius 3 is 2.88 bits per heavy atom. The second kappa shape index (κ2) is 4.51. The minimum Gasteiger partial charge on any atom is -0.493 e. The van der Waals surface area contributed by atoms with Crippen molar-refractivity contribution >= 4 is 11.6 Å². The van der Waals surface area contributed by atoms with Crippen molar-refractivity contribution in [2.24, 2.45) is 0 Å². The summed E-state index contributed by atoms with van der Waals surface area (Å²) in [6.45, 7) is 2.89. The van der Waals surface area contributed by atoms with Gasteiger partial charge in [-0.3, -0.25) is 0 Å². The second-order valence-electron chi connectivity index (χ2n) is 5.13. The molecule has 1 N–H and O–H groups in total. The van der Waals surface area contributed by atoms with Gasteiger partial charge in [-0.1, -0.05) is 11.6 Å². The van der Waals surface area contributed by atoms with Crippen LogP contribution >= 0.6 is 11.6 Å². The first-order valence-electron chi connectivity index (χ1n) is 6.43. The first kappa shape index (κ1) is 11.4. The van der Waals surface area contributed by atoms with Gasteiger partial charge in [0, 0.05) is 22.7 Å². The Labute approximate surface area is 107 Å². The van der Waals surface area contributed by atoms with E-state index < -0.39 is 0 Å². The van der Waals surface area contributed by atoms with Crippen molar-refractivity contribution in [2.75, 3.05) is 6.61 Å². The third kappa shape index (κ3) is 2.43. The van der Waals surface area contributed by atoms with Crippen LogP contribution in [0, 0.1) is 6.92 Å². The molecule has 1 aliphatic carbocycles. The van der Waals surface area contributed by atoms with Gasteiger partial charge < -0.3 is 10.1 Å². The molecule has 1 heterocycles. The lowest BCUT2D eigenvalue weighted by Gasteiger charge is -2.19. The van der Waals surface area contributed by atoms with E-state index in [-0.39, 0.29) is 0 Å². The number of rotatable bonds is 2. The summed E-state index contributed by atoms with van der Waals surface area (Å²) < 4.78 is 5.87. The topological polar surface area (TPSA) is 21.3 Å². The molecule has 1 atom stereocenters. The van der Waals surface area contributed by atoms with Gasteiger partial charge in [-0.15, -0.1) is 0 Å². The van der Waals surface area contributed by atoms with Crippen LogP contribution < -0.4 is 10.1 Å². The van der Waals surface area contributed by atoms with E-state index in [9.17, 15) is 0 Å². The number of ether oxygens (including phenoxy) is 1. The van der Waals surface area contributed by atoms with Crippen LogP contribution in [-0.2, 0) is 0 Å². The molecule has 0 spiro atoms. The summed E-state index contributed by atoms with van der Waals surface area (Å²) in [5, 5.41) is 4.52. The molecule has 3 rings (SSSR count). The third-order valence-electron chi connectivity index (χ3n) is 3.54. The first-order chi connectivity index (χ1) is 8.24. The molecule has 17 heavy (non-hydrogen) atoms. The zero-order valence-corrected chi connectivity index (χ0v) is 10.9. The van der Waals surface area contributed by atoms with Gasteiger partial charge in [-0.05, 0) is 50.3 Å². The van der Waals surface area contributed by atoms with E-state index in [0.29, 0.717) is 12.1 Å². The van der Waals surface area contributed by atoms with E-state index in [1.807, 2.05) is 6.07 Å². The molecule has 1 aliphatic heterocycles. The van der Waals surface area contributed by atoms with Crippen molar-refractivity contribution in [3.8, 4) is 5.75 Å². The van der Waals surface area contributed by atoms with Gasteiger partial charge in [0.2, 0.25) is 0 Å². The molecule has 3 heteroatoms. The van der Waals surface area contributed by atoms with Gasteiger partial charge in [0.15, 0.2) is 0 Å². The summed E-state index contributed by atoms with van der Waals surface area (Å²) in [5.74, 6) is 1.05. The summed E-state index contributed by atoms with van der Waals surface area (Å²) in [5.41, 5.74) is 2.40. The molecular formula is C14H18ClNO. The zero-order chi connectivity index (χ0) is 11.8. The largest absolute Gasteiger partial charge is 0.493 e. The fourth-order valence-corrected chi connectivity index (χ4v) is 2.82. The Balaban J connectivity index is 1.97. The van der Waals surface area contributed by atoms with Gasteiger partial charge in [0.05, 0.1) is 6.61 Å². The minimum atomic E-state index is 0.414. The molecule has 0 radical (unpaired) electrons. The Bertz CT molecular complexity index is 428. The highest BCUT2D eigenvalue weighted by molar-refractivity contribution is 6.30. The summed E-state index contributed by atoms with van der Waals surface area (Å²) >= 11 is 6.17. The van der Waals surface area contributed by atoms with Crippen molar-refractivity contribution < 1.29 is 4.74 Å². The first-order valence-corrected chi connectivity index (χ1v) is 6.81. The van der Waals surface area contributed by atoms with Crippen LogP contribution in [0.15, 0.2) is 12.1 Å². The molecule has 0 bridgehead atoms. The minimum absolute atomic E-state index is 0.414. The van der Waals surface area contributed by atoms with E-state index in [4.69, 9.17) is 16.3 Å². The fraction of sp³-hybridized carbons (Fsp3) is 0.571. The van der Waals surface area contributed by atoms with E-state index in [0.717, 1.165) is 35.8 Å². The maximum atomic E-state index is 6.17. The molecule has 1 aromatic rings. The van der Waals surface area contributed by atoms with E-state index >= 15 is 0 Å². The summed E-state index contributed by atoms with van der Waals surface area (Å²) in [7, 11) is 0. The number of hydrogen-bond acceptors (Lipinski definition) is 2. The fourth-order valence-electron chi connectivity index (χ4n) is 2.54. The predicted molar refractivity (Wildman–Crippen MR) is 69.8 cm³/mol. The van der Waals surface area contributed by atoms with Crippen LogP contribution in [0.25, 0.3) is 0 Å². The monoisotopic (exact) mass is 251 g/mol. The van der Waals surface area contributed by atoms with Crippen LogP contribution in [0.2, 0.25) is 5.02 Å². The normalized spacial score (nSPS) is 23.8. The number of aryl methyl sites for hydroxylation is 1. The molecule has 0 amide bonds. The van der Waals surface area contributed by atoms with Gasteiger partial charge in [0.1, 0.15) is 5.75 Å². The maximum Gasteiger partial charge on any atom is 0.127 e. The second-order valence-corrected chi connectivity index (χ2v) is 5.56. The smallest absolute Gasteiger partial charge is 0.127 e. The molecule has 92 valence electrons. The van der Waals surface area contributed by atoms with E-state index in [2.05, 4.69) is 18.3 Å². The molecule has 0 saturated heterocycles. The maximum absolute atomic E-state index is 6.17. The number of hydrogen-bond donors (Lipinski definition) is 1. The molecule has 2 nitrogen and oxygen atoms in total. The van der Waals surface area contributed by atoms with Crippen LogP contribution in [-0.4, -0.2) is 12.6 Å². The van der Waals surface area contributed by atoms with Gasteiger partial charge in [-0.2, -0.15) is 0 Å².